The molecule has 29 heavy (non-hydrogen) atoms. The SMILES string of the molecule is CC(C)N1CCCC2(CCCN2Cc2cccc(OCc3ccccn3)c2)C1=O. The van der Waals surface area contributed by atoms with Gasteiger partial charge in [-0.1, -0.05) is 18.2 Å². The van der Waals surface area contributed by atoms with Crippen molar-refractivity contribution in [1.29, 1.82) is 0 Å². The molecule has 0 bridgehead atoms. The predicted octanol–water partition coefficient (Wildman–Crippen LogP) is 4.03. The van der Waals surface area contributed by atoms with Crippen LogP contribution >= 0.6 is 0 Å². The second-order valence-corrected chi connectivity index (χ2v) is 8.51. The van der Waals surface area contributed by atoms with Crippen LogP contribution in [0.4, 0.5) is 0 Å². The molecule has 0 radical (unpaired) electrons. The highest BCUT2D eigenvalue weighted by molar-refractivity contribution is 5.87. The number of hydrogen-bond donors (Lipinski definition) is 0. The van der Waals surface area contributed by atoms with Crippen molar-refractivity contribution in [2.45, 2.75) is 64.3 Å². The number of amides is 1. The summed E-state index contributed by atoms with van der Waals surface area (Å²) >= 11 is 0. The summed E-state index contributed by atoms with van der Waals surface area (Å²) in [7, 11) is 0. The van der Waals surface area contributed by atoms with Crippen LogP contribution in [0.1, 0.15) is 50.8 Å². The average molecular weight is 394 g/mol. The van der Waals surface area contributed by atoms with E-state index in [1.165, 1.54) is 5.56 Å². The number of hydrogen-bond acceptors (Lipinski definition) is 4. The van der Waals surface area contributed by atoms with E-state index in [2.05, 4.69) is 40.8 Å². The molecule has 2 fully saturated rings. The minimum Gasteiger partial charge on any atom is -0.487 e. The molecule has 1 amide bonds. The number of benzene rings is 1. The summed E-state index contributed by atoms with van der Waals surface area (Å²) in [6.07, 6.45) is 5.92. The van der Waals surface area contributed by atoms with Gasteiger partial charge in [-0.3, -0.25) is 14.7 Å². The number of carbonyl (C=O) groups is 1. The van der Waals surface area contributed by atoms with Crippen LogP contribution in [0.25, 0.3) is 0 Å². The monoisotopic (exact) mass is 393 g/mol. The molecule has 2 aliphatic rings. The van der Waals surface area contributed by atoms with Gasteiger partial charge >= 0.3 is 0 Å². The van der Waals surface area contributed by atoms with Gasteiger partial charge in [-0.2, -0.15) is 0 Å². The van der Waals surface area contributed by atoms with Gasteiger partial charge < -0.3 is 9.64 Å². The van der Waals surface area contributed by atoms with Gasteiger partial charge in [0.1, 0.15) is 17.9 Å². The molecular formula is C24H31N3O2. The van der Waals surface area contributed by atoms with Gasteiger partial charge in [-0.15, -0.1) is 0 Å². The van der Waals surface area contributed by atoms with Crippen molar-refractivity contribution in [1.82, 2.24) is 14.8 Å². The fraction of sp³-hybridized carbons (Fsp3) is 0.500. The van der Waals surface area contributed by atoms with Gasteiger partial charge in [0.05, 0.1) is 5.69 Å². The van der Waals surface area contributed by atoms with Crippen LogP contribution in [0.2, 0.25) is 0 Å². The Bertz CT molecular complexity index is 839. The number of rotatable bonds is 6. The van der Waals surface area contributed by atoms with E-state index in [9.17, 15) is 4.79 Å². The summed E-state index contributed by atoms with van der Waals surface area (Å²) in [5.41, 5.74) is 1.80. The van der Waals surface area contributed by atoms with E-state index in [4.69, 9.17) is 4.74 Å². The van der Waals surface area contributed by atoms with E-state index in [1.807, 2.05) is 30.3 Å². The molecule has 4 rings (SSSR count). The van der Waals surface area contributed by atoms with Crippen LogP contribution < -0.4 is 4.74 Å². The Hall–Kier alpha value is -2.40. The molecule has 3 heterocycles. The number of pyridine rings is 1. The summed E-state index contributed by atoms with van der Waals surface area (Å²) in [4.78, 5) is 22.2. The lowest BCUT2D eigenvalue weighted by molar-refractivity contribution is -0.149. The van der Waals surface area contributed by atoms with Crippen molar-refractivity contribution in [3.05, 3.63) is 59.9 Å². The van der Waals surface area contributed by atoms with E-state index in [0.29, 0.717) is 12.5 Å². The fourth-order valence-electron chi connectivity index (χ4n) is 4.80. The van der Waals surface area contributed by atoms with Crippen LogP contribution in [0.15, 0.2) is 48.7 Å². The van der Waals surface area contributed by atoms with E-state index < -0.39 is 0 Å². The van der Waals surface area contributed by atoms with E-state index in [0.717, 1.165) is 56.8 Å². The van der Waals surface area contributed by atoms with Gasteiger partial charge in [0.25, 0.3) is 0 Å². The zero-order valence-corrected chi connectivity index (χ0v) is 17.5. The van der Waals surface area contributed by atoms with Crippen molar-refractivity contribution >= 4 is 5.91 Å². The molecule has 2 saturated heterocycles. The largest absolute Gasteiger partial charge is 0.487 e. The lowest BCUT2D eigenvalue weighted by Gasteiger charge is -2.46. The van der Waals surface area contributed by atoms with E-state index >= 15 is 0 Å². The smallest absolute Gasteiger partial charge is 0.243 e. The van der Waals surface area contributed by atoms with E-state index in [-0.39, 0.29) is 11.6 Å². The number of carbonyl (C=O) groups excluding carboxylic acids is 1. The second-order valence-electron chi connectivity index (χ2n) is 8.51. The normalized spacial score (nSPS) is 22.6. The Balaban J connectivity index is 1.46. The first-order valence-corrected chi connectivity index (χ1v) is 10.8. The number of likely N-dealkylation sites (tertiary alicyclic amines) is 2. The van der Waals surface area contributed by atoms with Crippen molar-refractivity contribution < 1.29 is 9.53 Å². The maximum absolute atomic E-state index is 13.4. The van der Waals surface area contributed by atoms with Gasteiger partial charge in [-0.25, -0.2) is 0 Å². The highest BCUT2D eigenvalue weighted by Crippen LogP contribution is 2.39. The van der Waals surface area contributed by atoms with Gasteiger partial charge in [-0.05, 0) is 75.9 Å². The maximum atomic E-state index is 13.4. The van der Waals surface area contributed by atoms with E-state index in [1.54, 1.807) is 6.20 Å². The van der Waals surface area contributed by atoms with Crippen LogP contribution in [0.5, 0.6) is 5.75 Å². The standard InChI is InChI=1S/C24H31N3O2/c1-19(2)27-15-7-12-24(23(27)28)11-6-14-26(24)17-20-8-5-10-22(16-20)29-18-21-9-3-4-13-25-21/h3-5,8-10,13,16,19H,6-7,11-12,14-15,17-18H2,1-2H3. The highest BCUT2D eigenvalue weighted by atomic mass is 16.5. The predicted molar refractivity (Wildman–Crippen MR) is 113 cm³/mol. The first-order valence-electron chi connectivity index (χ1n) is 10.8. The third kappa shape index (κ3) is 4.15. The zero-order chi connectivity index (χ0) is 20.3. The van der Waals surface area contributed by atoms with Crippen LogP contribution in [0.3, 0.4) is 0 Å². The minimum absolute atomic E-state index is 0.269. The fourth-order valence-corrected chi connectivity index (χ4v) is 4.80. The van der Waals surface area contributed by atoms with Crippen molar-refractivity contribution in [3.8, 4) is 5.75 Å². The second kappa shape index (κ2) is 8.54. The topological polar surface area (TPSA) is 45.7 Å². The van der Waals surface area contributed by atoms with Gasteiger partial charge in [0.2, 0.25) is 5.91 Å². The molecule has 5 nitrogen and oxygen atoms in total. The van der Waals surface area contributed by atoms with Crippen molar-refractivity contribution in [2.75, 3.05) is 13.1 Å². The molecule has 2 aliphatic heterocycles. The lowest BCUT2D eigenvalue weighted by Crippen LogP contribution is -2.61. The first kappa shape index (κ1) is 19.9. The third-order valence-electron chi connectivity index (χ3n) is 6.28. The first-order chi connectivity index (χ1) is 14.1. The van der Waals surface area contributed by atoms with Gasteiger partial charge in [0.15, 0.2) is 0 Å². The molecule has 1 aromatic heterocycles. The summed E-state index contributed by atoms with van der Waals surface area (Å²) in [6, 6.07) is 14.4. The Morgan fingerprint density at radius 1 is 1.10 bits per heavy atom. The Labute approximate surface area is 173 Å². The number of aromatic nitrogens is 1. The maximum Gasteiger partial charge on any atom is 0.243 e. The molecule has 1 spiro atoms. The summed E-state index contributed by atoms with van der Waals surface area (Å²) in [6.45, 7) is 7.37. The summed E-state index contributed by atoms with van der Waals surface area (Å²) in [5.74, 6) is 1.18. The number of piperidine rings is 1. The third-order valence-corrected chi connectivity index (χ3v) is 6.28. The highest BCUT2D eigenvalue weighted by Gasteiger charge is 2.50. The lowest BCUT2D eigenvalue weighted by atomic mass is 9.84. The van der Waals surface area contributed by atoms with Crippen molar-refractivity contribution in [3.63, 3.8) is 0 Å². The Morgan fingerprint density at radius 3 is 2.69 bits per heavy atom. The Morgan fingerprint density at radius 2 is 1.93 bits per heavy atom. The molecule has 1 atom stereocenters. The number of ether oxygens (including phenoxy) is 1. The molecular weight excluding hydrogens is 362 g/mol. The zero-order valence-electron chi connectivity index (χ0n) is 17.5. The molecule has 0 aliphatic carbocycles. The molecule has 154 valence electrons. The Kier molecular flexibility index (Phi) is 5.86. The quantitative estimate of drug-likeness (QED) is 0.743. The summed E-state index contributed by atoms with van der Waals surface area (Å²) < 4.78 is 5.95. The van der Waals surface area contributed by atoms with Crippen molar-refractivity contribution in [2.24, 2.45) is 0 Å². The van der Waals surface area contributed by atoms with Crippen LogP contribution in [0, 0.1) is 0 Å². The molecule has 1 unspecified atom stereocenters. The molecule has 0 N–H and O–H groups in total. The minimum atomic E-state index is -0.312. The molecule has 5 heteroatoms. The van der Waals surface area contributed by atoms with Gasteiger partial charge in [0, 0.05) is 25.3 Å². The molecule has 0 saturated carbocycles. The average Bonchev–Trinajstić information content (AvgIpc) is 3.12. The number of nitrogens with zero attached hydrogens (tertiary/aromatic N) is 3. The molecule has 2 aromatic rings. The summed E-state index contributed by atoms with van der Waals surface area (Å²) in [5, 5.41) is 0. The molecule has 1 aromatic carbocycles. The van der Waals surface area contributed by atoms with Crippen LogP contribution in [-0.2, 0) is 17.9 Å². The van der Waals surface area contributed by atoms with Crippen LogP contribution in [-0.4, -0.2) is 45.4 Å².